The van der Waals surface area contributed by atoms with Gasteiger partial charge in [0.1, 0.15) is 0 Å². The lowest BCUT2D eigenvalue weighted by Gasteiger charge is -2.13. The summed E-state index contributed by atoms with van der Waals surface area (Å²) in [5.41, 5.74) is 1.59. The zero-order chi connectivity index (χ0) is 9.40. The molecule has 0 aromatic heterocycles. The topological polar surface area (TPSA) is 0 Å². The SMILES string of the molecule is CC(CCl)CC(C)CCC=CCl. The lowest BCUT2D eigenvalue weighted by atomic mass is 9.95. The summed E-state index contributed by atoms with van der Waals surface area (Å²) in [6, 6.07) is 0. The molecule has 12 heavy (non-hydrogen) atoms. The fourth-order valence-corrected chi connectivity index (χ4v) is 1.56. The quantitative estimate of drug-likeness (QED) is 0.568. The van der Waals surface area contributed by atoms with E-state index in [0.29, 0.717) is 5.92 Å². The summed E-state index contributed by atoms with van der Waals surface area (Å²) < 4.78 is 0. The molecule has 0 aromatic rings. The van der Waals surface area contributed by atoms with Crippen LogP contribution in [0.5, 0.6) is 0 Å². The molecular weight excluding hydrogens is 191 g/mol. The van der Waals surface area contributed by atoms with E-state index in [1.807, 2.05) is 6.08 Å². The van der Waals surface area contributed by atoms with E-state index < -0.39 is 0 Å². The molecule has 2 heteroatoms. The summed E-state index contributed by atoms with van der Waals surface area (Å²) in [6.07, 6.45) is 5.52. The van der Waals surface area contributed by atoms with Gasteiger partial charge in [-0.2, -0.15) is 0 Å². The monoisotopic (exact) mass is 208 g/mol. The molecule has 0 bridgehead atoms. The molecule has 0 aliphatic heterocycles. The minimum absolute atomic E-state index is 0.640. The predicted octanol–water partition coefficient (Wildman–Crippen LogP) is 4.42. The second-order valence-corrected chi connectivity index (χ2v) is 4.10. The van der Waals surface area contributed by atoms with Crippen molar-refractivity contribution >= 4 is 23.2 Å². The minimum atomic E-state index is 0.640. The molecule has 0 amide bonds. The Balaban J connectivity index is 3.38. The Morgan fingerprint density at radius 2 is 1.92 bits per heavy atom. The number of allylic oxidation sites excluding steroid dienone is 1. The van der Waals surface area contributed by atoms with Gasteiger partial charge in [-0.1, -0.05) is 31.5 Å². The van der Waals surface area contributed by atoms with Crippen molar-refractivity contribution in [2.24, 2.45) is 11.8 Å². The Bertz CT molecular complexity index is 121. The van der Waals surface area contributed by atoms with Crippen LogP contribution in [0.2, 0.25) is 0 Å². The van der Waals surface area contributed by atoms with E-state index in [2.05, 4.69) is 13.8 Å². The van der Waals surface area contributed by atoms with Crippen molar-refractivity contribution in [1.82, 2.24) is 0 Å². The zero-order valence-electron chi connectivity index (χ0n) is 7.89. The van der Waals surface area contributed by atoms with E-state index >= 15 is 0 Å². The molecule has 0 nitrogen and oxygen atoms in total. The van der Waals surface area contributed by atoms with Gasteiger partial charge in [-0.15, -0.1) is 11.6 Å². The maximum atomic E-state index is 5.72. The molecule has 0 N–H and O–H groups in total. The highest BCUT2D eigenvalue weighted by Gasteiger charge is 2.06. The van der Waals surface area contributed by atoms with E-state index in [4.69, 9.17) is 23.2 Å². The van der Waals surface area contributed by atoms with E-state index in [1.165, 1.54) is 12.8 Å². The molecule has 0 spiro atoms. The third-order valence-electron chi connectivity index (χ3n) is 1.98. The molecule has 0 aliphatic rings. The van der Waals surface area contributed by atoms with Crippen LogP contribution < -0.4 is 0 Å². The van der Waals surface area contributed by atoms with Crippen LogP contribution in [0.3, 0.4) is 0 Å². The van der Waals surface area contributed by atoms with Crippen LogP contribution in [0.25, 0.3) is 0 Å². The summed E-state index contributed by atoms with van der Waals surface area (Å²) in [6.45, 7) is 4.46. The molecule has 2 unspecified atom stereocenters. The Labute approximate surface area is 85.9 Å². The summed E-state index contributed by atoms with van der Waals surface area (Å²) in [5, 5.41) is 0. The molecule has 0 saturated carbocycles. The second kappa shape index (κ2) is 7.94. The average molecular weight is 209 g/mol. The summed E-state index contributed by atoms with van der Waals surface area (Å²) in [5.74, 6) is 2.17. The normalized spacial score (nSPS) is 16.7. The van der Waals surface area contributed by atoms with E-state index in [9.17, 15) is 0 Å². The highest BCUT2D eigenvalue weighted by atomic mass is 35.5. The van der Waals surface area contributed by atoms with Crippen LogP contribution in [0, 0.1) is 11.8 Å². The molecule has 0 saturated heterocycles. The fraction of sp³-hybridized carbons (Fsp3) is 0.800. The standard InChI is InChI=1S/C10H18Cl2/c1-9(5-3-4-6-11)7-10(2)8-12/h4,6,9-10H,3,5,7-8H2,1-2H3. The van der Waals surface area contributed by atoms with Crippen molar-refractivity contribution in [3.8, 4) is 0 Å². The molecule has 0 heterocycles. The highest BCUT2D eigenvalue weighted by Crippen LogP contribution is 2.17. The Hall–Kier alpha value is 0.320. The van der Waals surface area contributed by atoms with Gasteiger partial charge in [-0.05, 0) is 31.1 Å². The number of hydrogen-bond acceptors (Lipinski definition) is 0. The molecule has 2 atom stereocenters. The Morgan fingerprint density at radius 1 is 1.25 bits per heavy atom. The number of rotatable bonds is 6. The van der Waals surface area contributed by atoms with Gasteiger partial charge in [0.15, 0.2) is 0 Å². The largest absolute Gasteiger partial charge is 0.126 e. The van der Waals surface area contributed by atoms with E-state index in [-0.39, 0.29) is 0 Å². The lowest BCUT2D eigenvalue weighted by Crippen LogP contribution is -2.03. The fourth-order valence-electron chi connectivity index (χ4n) is 1.31. The minimum Gasteiger partial charge on any atom is -0.126 e. The summed E-state index contributed by atoms with van der Waals surface area (Å²) in [4.78, 5) is 0. The molecule has 72 valence electrons. The van der Waals surface area contributed by atoms with Crippen molar-refractivity contribution < 1.29 is 0 Å². The third kappa shape index (κ3) is 7.00. The molecule has 0 fully saturated rings. The van der Waals surface area contributed by atoms with Gasteiger partial charge in [0.2, 0.25) is 0 Å². The maximum absolute atomic E-state index is 5.72. The summed E-state index contributed by atoms with van der Waals surface area (Å²) in [7, 11) is 0. The number of alkyl halides is 1. The molecule has 0 aliphatic carbocycles. The van der Waals surface area contributed by atoms with Gasteiger partial charge in [-0.25, -0.2) is 0 Å². The van der Waals surface area contributed by atoms with Crippen LogP contribution in [0.4, 0.5) is 0 Å². The van der Waals surface area contributed by atoms with Gasteiger partial charge in [0.05, 0.1) is 0 Å². The lowest BCUT2D eigenvalue weighted by molar-refractivity contribution is 0.421. The molecule has 0 rings (SSSR count). The number of halogens is 2. The first-order chi connectivity index (χ1) is 5.70. The molecular formula is C10H18Cl2. The highest BCUT2D eigenvalue weighted by molar-refractivity contribution is 6.25. The van der Waals surface area contributed by atoms with E-state index in [0.717, 1.165) is 18.2 Å². The van der Waals surface area contributed by atoms with Gasteiger partial charge in [0.25, 0.3) is 0 Å². The van der Waals surface area contributed by atoms with Crippen LogP contribution in [-0.4, -0.2) is 5.88 Å². The van der Waals surface area contributed by atoms with Crippen LogP contribution in [-0.2, 0) is 0 Å². The van der Waals surface area contributed by atoms with Crippen molar-refractivity contribution in [3.63, 3.8) is 0 Å². The van der Waals surface area contributed by atoms with Gasteiger partial charge < -0.3 is 0 Å². The summed E-state index contributed by atoms with van der Waals surface area (Å²) >= 11 is 11.1. The van der Waals surface area contributed by atoms with Crippen LogP contribution in [0.1, 0.15) is 33.1 Å². The third-order valence-corrected chi connectivity index (χ3v) is 2.69. The average Bonchev–Trinajstić information content (AvgIpc) is 2.05. The van der Waals surface area contributed by atoms with Gasteiger partial charge in [0, 0.05) is 11.4 Å². The van der Waals surface area contributed by atoms with Crippen molar-refractivity contribution in [2.45, 2.75) is 33.1 Å². The Kier molecular flexibility index (Phi) is 8.15. The van der Waals surface area contributed by atoms with Crippen LogP contribution >= 0.6 is 23.2 Å². The number of hydrogen-bond donors (Lipinski definition) is 0. The predicted molar refractivity (Wildman–Crippen MR) is 57.9 cm³/mol. The molecule has 0 radical (unpaired) electrons. The second-order valence-electron chi connectivity index (χ2n) is 3.54. The van der Waals surface area contributed by atoms with Gasteiger partial charge in [-0.3, -0.25) is 0 Å². The van der Waals surface area contributed by atoms with Gasteiger partial charge >= 0.3 is 0 Å². The zero-order valence-corrected chi connectivity index (χ0v) is 9.41. The van der Waals surface area contributed by atoms with Crippen molar-refractivity contribution in [3.05, 3.63) is 11.6 Å². The first-order valence-electron chi connectivity index (χ1n) is 4.51. The smallest absolute Gasteiger partial charge is 0.0249 e. The van der Waals surface area contributed by atoms with E-state index in [1.54, 1.807) is 5.54 Å². The maximum Gasteiger partial charge on any atom is 0.0249 e. The van der Waals surface area contributed by atoms with Crippen molar-refractivity contribution in [2.75, 3.05) is 5.88 Å². The molecule has 0 aromatic carbocycles. The Morgan fingerprint density at radius 3 is 2.42 bits per heavy atom. The van der Waals surface area contributed by atoms with Crippen LogP contribution in [0.15, 0.2) is 11.6 Å². The first-order valence-corrected chi connectivity index (χ1v) is 5.49. The van der Waals surface area contributed by atoms with Crippen molar-refractivity contribution in [1.29, 1.82) is 0 Å². The first kappa shape index (κ1) is 12.3.